The Bertz CT molecular complexity index is 313. The topological polar surface area (TPSA) is 20.3 Å². The number of rotatable bonds is 19. The van der Waals surface area contributed by atoms with Gasteiger partial charge in [-0.3, -0.25) is 7.91 Å². The van der Waals surface area contributed by atoms with Crippen LogP contribution in [0.3, 0.4) is 0 Å². The number of unbranched alkanes of at least 4 members (excludes halogenated alkanes) is 14. The van der Waals surface area contributed by atoms with Crippen LogP contribution in [-0.2, 0) is 4.79 Å². The predicted octanol–water partition coefficient (Wildman–Crippen LogP) is 8.99. The zero-order valence-electron chi connectivity index (χ0n) is 17.4. The van der Waals surface area contributed by atoms with Gasteiger partial charge >= 0.3 is 0 Å². The number of amides is 1. The second kappa shape index (κ2) is 20.7. The molecule has 0 saturated heterocycles. The molecule has 4 heteroatoms. The highest BCUT2D eigenvalue weighted by molar-refractivity contribution is 14.1. The quantitative estimate of drug-likeness (QED) is 0.0483. The summed E-state index contributed by atoms with van der Waals surface area (Å²) in [5.41, 5.74) is 0. The van der Waals surface area contributed by atoms with Crippen LogP contribution in [0.15, 0.2) is 0 Å². The molecule has 0 aromatic rings. The van der Waals surface area contributed by atoms with Crippen molar-refractivity contribution in [1.29, 1.82) is 0 Å². The lowest BCUT2D eigenvalue weighted by molar-refractivity contribution is -0.125. The summed E-state index contributed by atoms with van der Waals surface area (Å²) in [7, 11) is 0. The fourth-order valence-electron chi connectivity index (χ4n) is 3.23. The molecular weight excluding hydrogens is 548 g/mol. The maximum atomic E-state index is 12.3. The smallest absolute Gasteiger partial charge is 0.232 e. The first-order valence-electron chi connectivity index (χ1n) is 11.2. The van der Waals surface area contributed by atoms with E-state index in [2.05, 4.69) is 59.3 Å². The van der Waals surface area contributed by atoms with E-state index in [1.54, 1.807) is 0 Å². The van der Waals surface area contributed by atoms with E-state index in [-0.39, 0.29) is 0 Å². The van der Waals surface area contributed by atoms with Gasteiger partial charge in [0.25, 0.3) is 0 Å². The molecule has 0 aliphatic heterocycles. The lowest BCUT2D eigenvalue weighted by Crippen LogP contribution is -2.27. The van der Waals surface area contributed by atoms with Gasteiger partial charge in [-0.1, -0.05) is 133 Å². The van der Waals surface area contributed by atoms with Gasteiger partial charge in [-0.05, 0) is 12.8 Å². The molecule has 0 bridgehead atoms. The van der Waals surface area contributed by atoms with Gasteiger partial charge in [-0.25, -0.2) is 0 Å². The molecule has 0 aromatic heterocycles. The van der Waals surface area contributed by atoms with Crippen molar-refractivity contribution >= 4 is 51.4 Å². The number of carbonyl (C=O) groups is 1. The molecule has 0 aliphatic carbocycles. The van der Waals surface area contributed by atoms with E-state index >= 15 is 0 Å². The first-order valence-corrected chi connectivity index (χ1v) is 13.5. The molecule has 2 nitrogen and oxygen atoms in total. The number of alkyl halides is 1. The molecule has 0 saturated carbocycles. The van der Waals surface area contributed by atoms with Crippen LogP contribution in [0.25, 0.3) is 0 Å². The molecule has 0 aliphatic rings. The van der Waals surface area contributed by atoms with Crippen molar-refractivity contribution in [2.75, 3.05) is 0 Å². The highest BCUT2D eigenvalue weighted by Gasteiger charge is 2.17. The molecule has 0 spiro atoms. The van der Waals surface area contributed by atoms with E-state index in [0.717, 1.165) is 19.3 Å². The summed E-state index contributed by atoms with van der Waals surface area (Å²) in [4.78, 5) is 12.3. The maximum Gasteiger partial charge on any atom is 0.232 e. The summed E-state index contributed by atoms with van der Waals surface area (Å²) in [5, 5.41) is 0. The molecule has 0 radical (unpaired) electrons. The number of hydrogen-bond donors (Lipinski definition) is 0. The Morgan fingerprint density at radius 1 is 0.692 bits per heavy atom. The Kier molecular flexibility index (Phi) is 21.4. The highest BCUT2D eigenvalue weighted by Crippen LogP contribution is 2.22. The van der Waals surface area contributed by atoms with E-state index in [1.807, 2.05) is 3.11 Å². The summed E-state index contributed by atoms with van der Waals surface area (Å²) in [6.07, 6.45) is 23.1. The van der Waals surface area contributed by atoms with Crippen molar-refractivity contribution in [3.63, 3.8) is 0 Å². The third kappa shape index (κ3) is 17.1. The van der Waals surface area contributed by atoms with Crippen molar-refractivity contribution in [2.45, 2.75) is 133 Å². The van der Waals surface area contributed by atoms with Crippen molar-refractivity contribution in [3.05, 3.63) is 0 Å². The van der Waals surface area contributed by atoms with Crippen molar-refractivity contribution in [1.82, 2.24) is 3.11 Å². The fourth-order valence-corrected chi connectivity index (χ4v) is 4.50. The summed E-state index contributed by atoms with van der Waals surface area (Å²) < 4.78 is 2.31. The molecule has 1 unspecified atom stereocenters. The van der Waals surface area contributed by atoms with Gasteiger partial charge in [-0.15, -0.1) is 0 Å². The molecule has 26 heavy (non-hydrogen) atoms. The van der Waals surface area contributed by atoms with Gasteiger partial charge in [0.05, 0.1) is 26.9 Å². The van der Waals surface area contributed by atoms with E-state index in [9.17, 15) is 4.79 Å². The Morgan fingerprint density at radius 3 is 1.54 bits per heavy atom. The minimum absolute atomic E-state index is 0.329. The van der Waals surface area contributed by atoms with Crippen LogP contribution < -0.4 is 0 Å². The van der Waals surface area contributed by atoms with E-state index in [0.29, 0.717) is 9.96 Å². The van der Waals surface area contributed by atoms with Crippen LogP contribution in [-0.4, -0.2) is 13.1 Å². The lowest BCUT2D eigenvalue weighted by Gasteiger charge is -2.21. The Morgan fingerprint density at radius 2 is 1.08 bits per heavy atom. The Labute approximate surface area is 191 Å². The highest BCUT2D eigenvalue weighted by atomic mass is 127. The Hall–Kier alpha value is 0.930. The molecule has 1 amide bonds. The van der Waals surface area contributed by atoms with Crippen LogP contribution in [0.1, 0.15) is 129 Å². The third-order valence-electron chi connectivity index (χ3n) is 5.02. The molecule has 156 valence electrons. The first kappa shape index (κ1) is 26.9. The predicted molar refractivity (Wildman–Crippen MR) is 133 cm³/mol. The molecule has 0 aromatic carbocycles. The van der Waals surface area contributed by atoms with Crippen LogP contribution in [0.2, 0.25) is 0 Å². The summed E-state index contributed by atoms with van der Waals surface area (Å²) in [6.45, 7) is 4.53. The molecule has 0 N–H and O–H groups in total. The zero-order valence-corrected chi connectivity index (χ0v) is 21.7. The number of nitrogens with zero attached hydrogens (tertiary/aromatic N) is 1. The minimum Gasteiger partial charge on any atom is -0.274 e. The average molecular weight is 591 g/mol. The molecule has 0 fully saturated rings. The molecule has 0 rings (SSSR count). The van der Waals surface area contributed by atoms with Crippen molar-refractivity contribution < 1.29 is 4.79 Å². The monoisotopic (exact) mass is 591 g/mol. The molecule has 0 heterocycles. The second-order valence-corrected chi connectivity index (χ2v) is 10.1. The van der Waals surface area contributed by atoms with Gasteiger partial charge in [0.15, 0.2) is 0 Å². The molecular formula is C22H43I2NO. The normalized spacial score (nSPS) is 12.3. The lowest BCUT2D eigenvalue weighted by atomic mass is 10.1. The summed E-state index contributed by atoms with van der Waals surface area (Å²) >= 11 is 4.68. The van der Waals surface area contributed by atoms with E-state index in [4.69, 9.17) is 0 Å². The molecule has 1 atom stereocenters. The number of hydrogen-bond acceptors (Lipinski definition) is 1. The van der Waals surface area contributed by atoms with Gasteiger partial charge in [0.1, 0.15) is 0 Å². The van der Waals surface area contributed by atoms with Gasteiger partial charge in [0.2, 0.25) is 5.91 Å². The maximum absolute atomic E-state index is 12.3. The number of carbonyl (C=O) groups excluding carboxylic acids is 1. The van der Waals surface area contributed by atoms with Gasteiger partial charge in [-0.2, -0.15) is 0 Å². The van der Waals surface area contributed by atoms with E-state index < -0.39 is 0 Å². The largest absolute Gasteiger partial charge is 0.274 e. The standard InChI is InChI=1S/C22H43I2NO/c1-3-5-7-9-11-12-13-14-16-18-20-22(26)25(24)21(23)19-17-15-10-8-6-4-2/h21H,3-20H2,1-2H3. The van der Waals surface area contributed by atoms with Crippen LogP contribution in [0.4, 0.5) is 0 Å². The Balaban J connectivity index is 3.51. The first-order chi connectivity index (χ1) is 12.6. The fraction of sp³-hybridized carbons (Fsp3) is 0.955. The minimum atomic E-state index is 0.329. The second-order valence-electron chi connectivity index (χ2n) is 7.63. The van der Waals surface area contributed by atoms with Crippen LogP contribution in [0, 0.1) is 0 Å². The van der Waals surface area contributed by atoms with Crippen molar-refractivity contribution in [2.24, 2.45) is 0 Å². The van der Waals surface area contributed by atoms with Gasteiger partial charge < -0.3 is 0 Å². The summed E-state index contributed by atoms with van der Waals surface area (Å²) in [6, 6.07) is 0. The van der Waals surface area contributed by atoms with Crippen LogP contribution >= 0.6 is 45.5 Å². The third-order valence-corrected chi connectivity index (χ3v) is 8.48. The average Bonchev–Trinajstić information content (AvgIpc) is 2.65. The van der Waals surface area contributed by atoms with E-state index in [1.165, 1.54) is 96.3 Å². The summed E-state index contributed by atoms with van der Waals surface area (Å²) in [5.74, 6) is 0.329. The van der Waals surface area contributed by atoms with Gasteiger partial charge in [0, 0.05) is 6.42 Å². The van der Waals surface area contributed by atoms with Crippen LogP contribution in [0.5, 0.6) is 0 Å². The zero-order chi connectivity index (χ0) is 19.5. The number of halogens is 2. The SMILES string of the molecule is CCCCCCCCCCCCC(=O)N(I)C(I)CCCCCCCC. The van der Waals surface area contributed by atoms with Crippen molar-refractivity contribution in [3.8, 4) is 0 Å².